The van der Waals surface area contributed by atoms with Gasteiger partial charge in [0.05, 0.1) is 36.4 Å². The third-order valence-electron chi connectivity index (χ3n) is 2.73. The van der Waals surface area contributed by atoms with Crippen LogP contribution in [-0.4, -0.2) is 30.0 Å². The second-order valence-electron chi connectivity index (χ2n) is 3.87. The third-order valence-corrected chi connectivity index (χ3v) is 2.73. The van der Waals surface area contributed by atoms with Crippen molar-refractivity contribution in [3.63, 3.8) is 0 Å². The second-order valence-corrected chi connectivity index (χ2v) is 3.87. The number of pyridine rings is 2. The van der Waals surface area contributed by atoms with Crippen molar-refractivity contribution in [2.45, 2.75) is 0 Å². The van der Waals surface area contributed by atoms with Gasteiger partial charge in [-0.05, 0) is 12.1 Å². The lowest BCUT2D eigenvalue weighted by Gasteiger charge is -2.19. The predicted octanol–water partition coefficient (Wildman–Crippen LogP) is 1.34. The summed E-state index contributed by atoms with van der Waals surface area (Å²) in [6, 6.07) is 3.29. The minimum atomic E-state index is -0.225. The molecule has 0 aliphatic carbocycles. The number of anilines is 2. The van der Waals surface area contributed by atoms with Crippen LogP contribution in [0.2, 0.25) is 0 Å². The van der Waals surface area contributed by atoms with Crippen molar-refractivity contribution >= 4 is 17.3 Å². The second kappa shape index (κ2) is 5.34. The molecule has 1 amide bonds. The number of ether oxygens (including phenoxy) is 1. The first kappa shape index (κ1) is 12.8. The van der Waals surface area contributed by atoms with Gasteiger partial charge in [0.15, 0.2) is 0 Å². The van der Waals surface area contributed by atoms with Crippen LogP contribution in [0.25, 0.3) is 0 Å². The molecule has 2 aromatic rings. The zero-order valence-electron chi connectivity index (χ0n) is 10.7. The Bertz CT molecular complexity index is 601. The van der Waals surface area contributed by atoms with Gasteiger partial charge in [-0.1, -0.05) is 0 Å². The minimum Gasteiger partial charge on any atom is -0.494 e. The number of nitrogens with two attached hydrogens (primary N) is 1. The molecule has 0 unspecified atom stereocenters. The van der Waals surface area contributed by atoms with Gasteiger partial charge in [0.1, 0.15) is 5.75 Å². The van der Waals surface area contributed by atoms with Crippen molar-refractivity contribution in [3.05, 3.63) is 42.5 Å². The van der Waals surface area contributed by atoms with Crippen LogP contribution in [0.3, 0.4) is 0 Å². The molecule has 6 heteroatoms. The largest absolute Gasteiger partial charge is 0.494 e. The van der Waals surface area contributed by atoms with Gasteiger partial charge in [-0.3, -0.25) is 14.8 Å². The fraction of sp³-hybridized carbons (Fsp3) is 0.154. The lowest BCUT2D eigenvalue weighted by Crippen LogP contribution is -2.27. The summed E-state index contributed by atoms with van der Waals surface area (Å²) >= 11 is 0. The molecular formula is C13H14N4O2. The molecule has 2 rings (SSSR count). The van der Waals surface area contributed by atoms with Crippen LogP contribution >= 0.6 is 0 Å². The Kier molecular flexibility index (Phi) is 3.61. The van der Waals surface area contributed by atoms with E-state index in [0.29, 0.717) is 22.7 Å². The Morgan fingerprint density at radius 2 is 1.95 bits per heavy atom. The maximum Gasteiger partial charge on any atom is 0.261 e. The van der Waals surface area contributed by atoms with Gasteiger partial charge in [-0.25, -0.2) is 0 Å². The average Bonchev–Trinajstić information content (AvgIpc) is 2.46. The van der Waals surface area contributed by atoms with Crippen LogP contribution in [0.1, 0.15) is 10.4 Å². The summed E-state index contributed by atoms with van der Waals surface area (Å²) in [5.41, 5.74) is 7.27. The van der Waals surface area contributed by atoms with Gasteiger partial charge < -0.3 is 15.4 Å². The number of nitrogen functional groups attached to an aromatic ring is 1. The molecule has 2 N–H and O–H groups in total. The molecule has 19 heavy (non-hydrogen) atoms. The molecule has 6 nitrogen and oxygen atoms in total. The van der Waals surface area contributed by atoms with Crippen molar-refractivity contribution < 1.29 is 9.53 Å². The number of carbonyl (C=O) groups excluding carboxylic acids is 1. The molecule has 2 heterocycles. The maximum absolute atomic E-state index is 12.4. The zero-order chi connectivity index (χ0) is 13.8. The van der Waals surface area contributed by atoms with Crippen LogP contribution < -0.4 is 15.4 Å². The van der Waals surface area contributed by atoms with E-state index in [4.69, 9.17) is 10.5 Å². The molecular weight excluding hydrogens is 244 g/mol. The van der Waals surface area contributed by atoms with E-state index in [1.54, 1.807) is 31.6 Å². The first-order chi connectivity index (χ1) is 9.15. The van der Waals surface area contributed by atoms with Crippen LogP contribution in [0, 0.1) is 0 Å². The van der Waals surface area contributed by atoms with E-state index >= 15 is 0 Å². The van der Waals surface area contributed by atoms with Crippen LogP contribution in [0.5, 0.6) is 5.75 Å². The summed E-state index contributed by atoms with van der Waals surface area (Å²) in [7, 11) is 3.14. The Morgan fingerprint density at radius 3 is 2.63 bits per heavy atom. The van der Waals surface area contributed by atoms with E-state index in [-0.39, 0.29) is 5.91 Å². The monoisotopic (exact) mass is 258 g/mol. The fourth-order valence-corrected chi connectivity index (χ4v) is 1.71. The molecule has 0 saturated heterocycles. The molecule has 0 bridgehead atoms. The number of aromatic nitrogens is 2. The quantitative estimate of drug-likeness (QED) is 0.898. The molecule has 0 atom stereocenters. The molecule has 0 aliphatic rings. The minimum absolute atomic E-state index is 0.225. The van der Waals surface area contributed by atoms with Gasteiger partial charge >= 0.3 is 0 Å². The van der Waals surface area contributed by atoms with E-state index < -0.39 is 0 Å². The van der Waals surface area contributed by atoms with Crippen molar-refractivity contribution in [3.8, 4) is 5.75 Å². The number of amides is 1. The number of hydrogen-bond acceptors (Lipinski definition) is 5. The normalized spacial score (nSPS) is 10.0. The van der Waals surface area contributed by atoms with Crippen LogP contribution in [0.15, 0.2) is 36.9 Å². The van der Waals surface area contributed by atoms with Crippen molar-refractivity contribution in [1.29, 1.82) is 0 Å². The van der Waals surface area contributed by atoms with E-state index in [1.807, 2.05) is 0 Å². The summed E-state index contributed by atoms with van der Waals surface area (Å²) < 4.78 is 5.13. The molecule has 0 fully saturated rings. The van der Waals surface area contributed by atoms with Crippen LogP contribution in [0.4, 0.5) is 11.4 Å². The van der Waals surface area contributed by atoms with Crippen LogP contribution in [-0.2, 0) is 0 Å². The fourth-order valence-electron chi connectivity index (χ4n) is 1.71. The highest BCUT2D eigenvalue weighted by Crippen LogP contribution is 2.24. The predicted molar refractivity (Wildman–Crippen MR) is 72.2 cm³/mol. The van der Waals surface area contributed by atoms with E-state index in [9.17, 15) is 4.79 Å². The lowest BCUT2D eigenvalue weighted by molar-refractivity contribution is 0.0990. The summed E-state index contributed by atoms with van der Waals surface area (Å²) in [5, 5.41) is 0. The summed E-state index contributed by atoms with van der Waals surface area (Å²) in [5.74, 6) is 0.198. The summed E-state index contributed by atoms with van der Waals surface area (Å²) in [6.07, 6.45) is 6.12. The Hall–Kier alpha value is -2.63. The number of hydrogen-bond donors (Lipinski definition) is 1. The highest BCUT2D eigenvalue weighted by Gasteiger charge is 2.19. The van der Waals surface area contributed by atoms with Crippen molar-refractivity contribution in [1.82, 2.24) is 9.97 Å². The third kappa shape index (κ3) is 2.47. The van der Waals surface area contributed by atoms with Crippen molar-refractivity contribution in [2.75, 3.05) is 24.8 Å². The topological polar surface area (TPSA) is 81.3 Å². The number of nitrogens with zero attached hydrogens (tertiary/aromatic N) is 3. The van der Waals surface area contributed by atoms with E-state index in [0.717, 1.165) is 0 Å². The molecule has 0 spiro atoms. The van der Waals surface area contributed by atoms with Crippen molar-refractivity contribution in [2.24, 2.45) is 0 Å². The molecule has 0 radical (unpaired) electrons. The van der Waals surface area contributed by atoms with Gasteiger partial charge in [-0.2, -0.15) is 0 Å². The number of carbonyl (C=O) groups is 1. The molecule has 0 aliphatic heterocycles. The molecule has 0 saturated carbocycles. The Morgan fingerprint density at radius 1 is 1.26 bits per heavy atom. The summed E-state index contributed by atoms with van der Waals surface area (Å²) in [4.78, 5) is 21.7. The summed E-state index contributed by atoms with van der Waals surface area (Å²) in [6.45, 7) is 0. The maximum atomic E-state index is 12.4. The number of methoxy groups -OCH3 is 1. The standard InChI is InChI=1S/C13H14N4O2/c1-17(11-4-6-15-7-10(11)14)13(18)9-3-5-16-8-12(9)19-2/h3-8H,14H2,1-2H3. The highest BCUT2D eigenvalue weighted by molar-refractivity contribution is 6.08. The Balaban J connectivity index is 2.37. The van der Waals surface area contributed by atoms with Gasteiger partial charge in [0.2, 0.25) is 0 Å². The van der Waals surface area contributed by atoms with Gasteiger partial charge in [0.25, 0.3) is 5.91 Å². The zero-order valence-corrected chi connectivity index (χ0v) is 10.7. The Labute approximate surface area is 110 Å². The molecule has 98 valence electrons. The van der Waals surface area contributed by atoms with E-state index in [1.165, 1.54) is 24.4 Å². The first-order valence-corrected chi connectivity index (χ1v) is 5.60. The average molecular weight is 258 g/mol. The number of rotatable bonds is 3. The smallest absolute Gasteiger partial charge is 0.261 e. The highest BCUT2D eigenvalue weighted by atomic mass is 16.5. The van der Waals surface area contributed by atoms with Gasteiger partial charge in [0, 0.05) is 19.4 Å². The SMILES string of the molecule is COc1cnccc1C(=O)N(C)c1ccncc1N. The lowest BCUT2D eigenvalue weighted by atomic mass is 10.2. The van der Waals surface area contributed by atoms with Gasteiger partial charge in [-0.15, -0.1) is 0 Å². The molecule has 2 aromatic heterocycles. The molecule has 0 aromatic carbocycles. The van der Waals surface area contributed by atoms with E-state index in [2.05, 4.69) is 9.97 Å². The first-order valence-electron chi connectivity index (χ1n) is 5.60.